The molecular weight excluding hydrogens is 380 g/mol. The average molecular weight is 407 g/mol. The van der Waals surface area contributed by atoms with Crippen molar-refractivity contribution in [3.63, 3.8) is 0 Å². The number of carboxylic acids is 1. The third-order valence-corrected chi connectivity index (χ3v) is 7.98. The number of rotatable bonds is 8. The maximum Gasteiger partial charge on any atom is 0.304 e. The van der Waals surface area contributed by atoms with E-state index in [-0.39, 0.29) is 35.9 Å². The molecule has 0 spiro atoms. The lowest BCUT2D eigenvalue weighted by atomic mass is 9.89. The smallest absolute Gasteiger partial charge is 0.304 e. The first-order valence-electron chi connectivity index (χ1n) is 9.72. The Morgan fingerprint density at radius 3 is 2.36 bits per heavy atom. The number of hydrogen-bond acceptors (Lipinski definition) is 5. The molecule has 0 bridgehead atoms. The van der Waals surface area contributed by atoms with Crippen LogP contribution in [0.25, 0.3) is 0 Å². The van der Waals surface area contributed by atoms with Crippen LogP contribution in [0.5, 0.6) is 0 Å². The number of aliphatic hydroxyl groups is 1. The topological polar surface area (TPSA) is 109 Å². The molecular formula is C21H26O6S. The molecule has 2 N–H and O–H groups in total. The van der Waals surface area contributed by atoms with Crippen LogP contribution in [-0.2, 0) is 19.4 Å². The molecule has 3 atom stereocenters. The summed E-state index contributed by atoms with van der Waals surface area (Å²) in [6.45, 7) is 0. The van der Waals surface area contributed by atoms with Crippen LogP contribution in [0, 0.1) is 11.8 Å². The number of benzene rings is 1. The Labute approximate surface area is 165 Å². The van der Waals surface area contributed by atoms with Crippen molar-refractivity contribution in [2.24, 2.45) is 11.8 Å². The molecule has 7 heteroatoms. The molecule has 1 aromatic rings. The predicted octanol–water partition coefficient (Wildman–Crippen LogP) is 2.76. The van der Waals surface area contributed by atoms with E-state index in [1.165, 1.54) is 12.1 Å². The minimum atomic E-state index is -3.91. The highest BCUT2D eigenvalue weighted by Gasteiger charge is 2.41. The number of sulfone groups is 1. The Morgan fingerprint density at radius 1 is 1.11 bits per heavy atom. The molecule has 1 saturated carbocycles. The second-order valence-corrected chi connectivity index (χ2v) is 9.85. The fraction of sp³-hybridized carbons (Fsp3) is 0.524. The van der Waals surface area contributed by atoms with Crippen molar-refractivity contribution in [2.45, 2.75) is 61.2 Å². The van der Waals surface area contributed by atoms with Gasteiger partial charge in [-0.15, -0.1) is 0 Å². The van der Waals surface area contributed by atoms with E-state index in [2.05, 4.69) is 0 Å². The lowest BCUT2D eigenvalue weighted by Gasteiger charge is -2.24. The minimum absolute atomic E-state index is 0.0540. The molecule has 2 aliphatic carbocycles. The van der Waals surface area contributed by atoms with Crippen LogP contribution in [0.3, 0.4) is 0 Å². The van der Waals surface area contributed by atoms with Gasteiger partial charge >= 0.3 is 5.97 Å². The summed E-state index contributed by atoms with van der Waals surface area (Å²) in [5, 5.41) is 18.0. The van der Waals surface area contributed by atoms with Crippen LogP contribution in [0.1, 0.15) is 44.9 Å². The van der Waals surface area contributed by atoms with Crippen LogP contribution in [-0.4, -0.2) is 41.7 Å². The van der Waals surface area contributed by atoms with Gasteiger partial charge in [0.1, 0.15) is 5.25 Å². The highest BCUT2D eigenvalue weighted by Crippen LogP contribution is 2.37. The van der Waals surface area contributed by atoms with Crippen molar-refractivity contribution in [1.82, 2.24) is 0 Å². The van der Waals surface area contributed by atoms with Crippen molar-refractivity contribution in [3.8, 4) is 0 Å². The maximum absolute atomic E-state index is 13.3. The molecule has 0 aliphatic heterocycles. The van der Waals surface area contributed by atoms with Crippen molar-refractivity contribution in [3.05, 3.63) is 42.0 Å². The zero-order valence-corrected chi connectivity index (χ0v) is 16.5. The van der Waals surface area contributed by atoms with Crippen LogP contribution in [0.4, 0.5) is 0 Å². The standard InChI is InChI=1S/C21H26O6S/c22-18-11-10-15(17(18)13-20(23)24)12-19(21(25)14-6-4-5-7-14)28(26,27)16-8-2-1-3-9-16/h1-3,8-10,14,17-19,22H,4-7,11-13H2,(H,23,24). The Balaban J connectivity index is 1.93. The van der Waals surface area contributed by atoms with Crippen molar-refractivity contribution in [1.29, 1.82) is 0 Å². The Bertz CT molecular complexity index is 852. The van der Waals surface area contributed by atoms with Crippen LogP contribution >= 0.6 is 0 Å². The third kappa shape index (κ3) is 4.36. The summed E-state index contributed by atoms with van der Waals surface area (Å²) in [5.74, 6) is -2.25. The van der Waals surface area contributed by atoms with E-state index in [0.29, 0.717) is 18.4 Å². The summed E-state index contributed by atoms with van der Waals surface area (Å²) in [4.78, 5) is 24.4. The SMILES string of the molecule is O=C(O)CC1C(CC(C(=O)C2CCCC2)S(=O)(=O)c2ccccc2)=CCC1O. The Kier molecular flexibility index (Phi) is 6.35. The molecule has 2 aliphatic rings. The lowest BCUT2D eigenvalue weighted by molar-refractivity contribution is -0.138. The summed E-state index contributed by atoms with van der Waals surface area (Å²) >= 11 is 0. The zero-order chi connectivity index (χ0) is 20.3. The van der Waals surface area contributed by atoms with Crippen LogP contribution < -0.4 is 0 Å². The van der Waals surface area contributed by atoms with Gasteiger partial charge in [-0.05, 0) is 37.8 Å². The fourth-order valence-corrected chi connectivity index (χ4v) is 6.12. The monoisotopic (exact) mass is 406 g/mol. The minimum Gasteiger partial charge on any atom is -0.481 e. The molecule has 1 fully saturated rings. The second kappa shape index (κ2) is 8.57. The van der Waals surface area contributed by atoms with Gasteiger partial charge in [-0.3, -0.25) is 9.59 Å². The molecule has 0 heterocycles. The number of hydrogen-bond donors (Lipinski definition) is 2. The molecule has 0 saturated heterocycles. The predicted molar refractivity (Wildman–Crippen MR) is 103 cm³/mol. The Hall–Kier alpha value is -1.99. The molecule has 0 radical (unpaired) electrons. The van der Waals surface area contributed by atoms with Gasteiger partial charge in [-0.2, -0.15) is 0 Å². The molecule has 1 aromatic carbocycles. The first-order valence-corrected chi connectivity index (χ1v) is 11.3. The lowest BCUT2D eigenvalue weighted by Crippen LogP contribution is -2.36. The number of Topliss-reactive ketones (excluding diaryl/α,β-unsaturated/α-hetero) is 1. The normalized spacial score (nSPS) is 24.1. The van der Waals surface area contributed by atoms with Gasteiger partial charge in [-0.25, -0.2) is 8.42 Å². The molecule has 3 rings (SSSR count). The molecule has 152 valence electrons. The third-order valence-electron chi connectivity index (χ3n) is 5.90. The van der Waals surface area contributed by atoms with E-state index in [9.17, 15) is 23.1 Å². The van der Waals surface area contributed by atoms with Gasteiger partial charge in [0.15, 0.2) is 15.6 Å². The number of ketones is 1. The molecule has 3 unspecified atom stereocenters. The molecule has 0 amide bonds. The maximum atomic E-state index is 13.3. The summed E-state index contributed by atoms with van der Waals surface area (Å²) in [6.07, 6.45) is 4.02. The second-order valence-electron chi connectivity index (χ2n) is 7.72. The van der Waals surface area contributed by atoms with E-state index in [1.54, 1.807) is 24.3 Å². The highest BCUT2D eigenvalue weighted by molar-refractivity contribution is 7.92. The fourth-order valence-electron chi connectivity index (χ4n) is 4.35. The number of carbonyl (C=O) groups is 2. The first kappa shape index (κ1) is 20.7. The summed E-state index contributed by atoms with van der Waals surface area (Å²) < 4.78 is 26.6. The molecule has 6 nitrogen and oxygen atoms in total. The van der Waals surface area contributed by atoms with Crippen LogP contribution in [0.2, 0.25) is 0 Å². The van der Waals surface area contributed by atoms with E-state index in [4.69, 9.17) is 5.11 Å². The van der Waals surface area contributed by atoms with Crippen molar-refractivity contribution < 1.29 is 28.2 Å². The van der Waals surface area contributed by atoms with Crippen LogP contribution in [0.15, 0.2) is 46.9 Å². The molecule has 28 heavy (non-hydrogen) atoms. The summed E-state index contributed by atoms with van der Waals surface area (Å²) in [5.41, 5.74) is 0.561. The number of carboxylic acid groups (broad SMARTS) is 1. The van der Waals surface area contributed by atoms with Gasteiger partial charge < -0.3 is 10.2 Å². The van der Waals surface area contributed by atoms with E-state index >= 15 is 0 Å². The van der Waals surface area contributed by atoms with E-state index < -0.39 is 33.1 Å². The number of aliphatic hydroxyl groups excluding tert-OH is 1. The van der Waals surface area contributed by atoms with Crippen molar-refractivity contribution in [2.75, 3.05) is 0 Å². The summed E-state index contributed by atoms with van der Waals surface area (Å²) in [6, 6.07) is 7.92. The largest absolute Gasteiger partial charge is 0.481 e. The van der Waals surface area contributed by atoms with Gasteiger partial charge in [0, 0.05) is 11.8 Å². The van der Waals surface area contributed by atoms with Gasteiger partial charge in [0.2, 0.25) is 0 Å². The van der Waals surface area contributed by atoms with E-state index in [1.807, 2.05) is 0 Å². The van der Waals surface area contributed by atoms with Gasteiger partial charge in [0.05, 0.1) is 17.4 Å². The average Bonchev–Trinajstić information content (AvgIpc) is 3.31. The number of aliphatic carboxylic acids is 1. The zero-order valence-electron chi connectivity index (χ0n) is 15.7. The summed E-state index contributed by atoms with van der Waals surface area (Å²) in [7, 11) is -3.91. The van der Waals surface area contributed by atoms with Gasteiger partial charge in [-0.1, -0.05) is 42.7 Å². The van der Waals surface area contributed by atoms with Gasteiger partial charge in [0.25, 0.3) is 0 Å². The quantitative estimate of drug-likeness (QED) is 0.643. The van der Waals surface area contributed by atoms with E-state index in [0.717, 1.165) is 12.8 Å². The number of carbonyl (C=O) groups excluding carboxylic acids is 1. The molecule has 0 aromatic heterocycles. The highest BCUT2D eigenvalue weighted by atomic mass is 32.2. The first-order chi connectivity index (χ1) is 13.3. The van der Waals surface area contributed by atoms with Crippen molar-refractivity contribution >= 4 is 21.6 Å². The Morgan fingerprint density at radius 2 is 1.75 bits per heavy atom.